The Morgan fingerprint density at radius 3 is 2.64 bits per heavy atom. The van der Waals surface area contributed by atoms with Gasteiger partial charge in [0.2, 0.25) is 0 Å². The first-order chi connectivity index (χ1) is 6.79. The average molecular weight is 191 g/mol. The minimum absolute atomic E-state index is 0.954. The van der Waals surface area contributed by atoms with Crippen LogP contribution in [0.15, 0.2) is 18.2 Å². The fourth-order valence-electron chi connectivity index (χ4n) is 1.75. The van der Waals surface area contributed by atoms with Gasteiger partial charge in [0, 0.05) is 6.54 Å². The average Bonchev–Trinajstić information content (AvgIpc) is 2.13. The van der Waals surface area contributed by atoms with Crippen LogP contribution in [0.2, 0.25) is 0 Å². The van der Waals surface area contributed by atoms with Gasteiger partial charge in [-0.3, -0.25) is 4.90 Å². The molecule has 0 amide bonds. The van der Waals surface area contributed by atoms with E-state index in [1.807, 2.05) is 6.07 Å². The zero-order valence-electron chi connectivity index (χ0n) is 8.92. The summed E-state index contributed by atoms with van der Waals surface area (Å²) < 4.78 is 5.18. The summed E-state index contributed by atoms with van der Waals surface area (Å²) in [4.78, 5) is 2.47. The van der Waals surface area contributed by atoms with Gasteiger partial charge in [-0.2, -0.15) is 0 Å². The molecule has 0 atom stereocenters. The van der Waals surface area contributed by atoms with Crippen LogP contribution >= 0.6 is 0 Å². The fraction of sp³-hybridized carbons (Fsp3) is 0.500. The topological polar surface area (TPSA) is 12.5 Å². The molecule has 2 rings (SSSR count). The lowest BCUT2D eigenvalue weighted by atomic mass is 10.1. The number of likely N-dealkylation sites (tertiary alicyclic amines) is 1. The minimum Gasteiger partial charge on any atom is -0.497 e. The van der Waals surface area contributed by atoms with Crippen molar-refractivity contribution in [2.24, 2.45) is 0 Å². The molecule has 76 valence electrons. The SMILES string of the molecule is COc1ccc(CN2CCC2)c(C)c1. The number of benzene rings is 1. The monoisotopic (exact) mass is 191 g/mol. The molecule has 1 heterocycles. The number of hydrogen-bond donors (Lipinski definition) is 0. The Bertz CT molecular complexity index is 318. The summed E-state index contributed by atoms with van der Waals surface area (Å²) in [5, 5.41) is 0. The molecule has 0 aliphatic carbocycles. The van der Waals surface area contributed by atoms with E-state index in [4.69, 9.17) is 4.74 Å². The van der Waals surface area contributed by atoms with Gasteiger partial charge in [0.25, 0.3) is 0 Å². The first kappa shape index (κ1) is 9.53. The summed E-state index contributed by atoms with van der Waals surface area (Å²) in [6, 6.07) is 6.32. The summed E-state index contributed by atoms with van der Waals surface area (Å²) in [5.41, 5.74) is 2.75. The molecule has 1 aromatic rings. The van der Waals surface area contributed by atoms with Crippen LogP contribution in [0.25, 0.3) is 0 Å². The number of rotatable bonds is 3. The maximum atomic E-state index is 5.18. The van der Waals surface area contributed by atoms with E-state index >= 15 is 0 Å². The van der Waals surface area contributed by atoms with Crippen molar-refractivity contribution in [3.8, 4) is 5.75 Å². The van der Waals surface area contributed by atoms with E-state index in [-0.39, 0.29) is 0 Å². The summed E-state index contributed by atoms with van der Waals surface area (Å²) in [6.07, 6.45) is 1.36. The van der Waals surface area contributed by atoms with Gasteiger partial charge in [0.05, 0.1) is 7.11 Å². The van der Waals surface area contributed by atoms with Crippen LogP contribution < -0.4 is 4.74 Å². The predicted molar refractivity (Wildman–Crippen MR) is 57.6 cm³/mol. The van der Waals surface area contributed by atoms with Crippen molar-refractivity contribution in [1.82, 2.24) is 4.90 Å². The molecule has 14 heavy (non-hydrogen) atoms. The molecule has 2 nitrogen and oxygen atoms in total. The van der Waals surface area contributed by atoms with Crippen molar-refractivity contribution >= 4 is 0 Å². The van der Waals surface area contributed by atoms with Gasteiger partial charge in [0.15, 0.2) is 0 Å². The lowest BCUT2D eigenvalue weighted by Gasteiger charge is -2.31. The highest BCUT2D eigenvalue weighted by atomic mass is 16.5. The summed E-state index contributed by atoms with van der Waals surface area (Å²) in [5.74, 6) is 0.954. The fourth-order valence-corrected chi connectivity index (χ4v) is 1.75. The maximum Gasteiger partial charge on any atom is 0.119 e. The van der Waals surface area contributed by atoms with Crippen LogP contribution in [0.5, 0.6) is 5.75 Å². The molecule has 2 heteroatoms. The van der Waals surface area contributed by atoms with Crippen LogP contribution in [-0.2, 0) is 6.54 Å². The smallest absolute Gasteiger partial charge is 0.119 e. The number of methoxy groups -OCH3 is 1. The number of nitrogens with zero attached hydrogens (tertiary/aromatic N) is 1. The normalized spacial score (nSPS) is 16.4. The third-order valence-corrected chi connectivity index (χ3v) is 2.89. The third-order valence-electron chi connectivity index (χ3n) is 2.89. The van der Waals surface area contributed by atoms with Gasteiger partial charge >= 0.3 is 0 Å². The Kier molecular flexibility index (Phi) is 2.73. The Hall–Kier alpha value is -1.02. The number of hydrogen-bond acceptors (Lipinski definition) is 2. The molecule has 1 saturated heterocycles. The predicted octanol–water partition coefficient (Wildman–Crippen LogP) is 2.21. The first-order valence-electron chi connectivity index (χ1n) is 5.15. The van der Waals surface area contributed by atoms with E-state index in [9.17, 15) is 0 Å². The Labute approximate surface area is 85.5 Å². The van der Waals surface area contributed by atoms with Gasteiger partial charge in [-0.05, 0) is 49.7 Å². The molecule has 0 unspecified atom stereocenters. The van der Waals surface area contributed by atoms with Crippen LogP contribution in [0.3, 0.4) is 0 Å². The van der Waals surface area contributed by atoms with Gasteiger partial charge in [0.1, 0.15) is 5.75 Å². The molecule has 1 aliphatic heterocycles. The van der Waals surface area contributed by atoms with E-state index in [1.165, 1.54) is 30.6 Å². The van der Waals surface area contributed by atoms with Crippen LogP contribution in [0.4, 0.5) is 0 Å². The molecule has 0 spiro atoms. The van der Waals surface area contributed by atoms with Crippen LogP contribution in [0, 0.1) is 6.92 Å². The molecule has 1 aromatic carbocycles. The molecule has 1 aliphatic rings. The minimum atomic E-state index is 0.954. The van der Waals surface area contributed by atoms with E-state index in [1.54, 1.807) is 7.11 Å². The first-order valence-corrected chi connectivity index (χ1v) is 5.15. The molecule has 1 fully saturated rings. The van der Waals surface area contributed by atoms with Crippen molar-refractivity contribution in [2.75, 3.05) is 20.2 Å². The highest BCUT2D eigenvalue weighted by molar-refractivity contribution is 5.34. The van der Waals surface area contributed by atoms with Gasteiger partial charge in [-0.25, -0.2) is 0 Å². The Morgan fingerprint density at radius 2 is 2.14 bits per heavy atom. The molecule has 0 bridgehead atoms. The van der Waals surface area contributed by atoms with E-state index in [0.29, 0.717) is 0 Å². The third kappa shape index (κ3) is 1.90. The van der Waals surface area contributed by atoms with Crippen LogP contribution in [0.1, 0.15) is 17.5 Å². The largest absolute Gasteiger partial charge is 0.497 e. The highest BCUT2D eigenvalue weighted by Crippen LogP contribution is 2.20. The maximum absolute atomic E-state index is 5.18. The van der Waals surface area contributed by atoms with Crippen molar-refractivity contribution in [2.45, 2.75) is 19.9 Å². The van der Waals surface area contributed by atoms with Crippen LogP contribution in [-0.4, -0.2) is 25.1 Å². The van der Waals surface area contributed by atoms with E-state index in [2.05, 4.69) is 24.0 Å². The quantitative estimate of drug-likeness (QED) is 0.726. The van der Waals surface area contributed by atoms with Crippen molar-refractivity contribution in [3.63, 3.8) is 0 Å². The second-order valence-corrected chi connectivity index (χ2v) is 3.92. The molecule has 0 saturated carbocycles. The highest BCUT2D eigenvalue weighted by Gasteiger charge is 2.14. The Balaban J connectivity index is 2.09. The molecule has 0 radical (unpaired) electrons. The van der Waals surface area contributed by atoms with Crippen molar-refractivity contribution in [1.29, 1.82) is 0 Å². The van der Waals surface area contributed by atoms with E-state index in [0.717, 1.165) is 12.3 Å². The lowest BCUT2D eigenvalue weighted by Crippen LogP contribution is -2.36. The van der Waals surface area contributed by atoms with Gasteiger partial charge in [-0.15, -0.1) is 0 Å². The zero-order chi connectivity index (χ0) is 9.97. The van der Waals surface area contributed by atoms with Gasteiger partial charge in [-0.1, -0.05) is 6.07 Å². The summed E-state index contributed by atoms with van der Waals surface area (Å²) >= 11 is 0. The molecule has 0 aromatic heterocycles. The van der Waals surface area contributed by atoms with E-state index < -0.39 is 0 Å². The second-order valence-electron chi connectivity index (χ2n) is 3.92. The van der Waals surface area contributed by atoms with Crippen molar-refractivity contribution in [3.05, 3.63) is 29.3 Å². The number of aryl methyl sites for hydroxylation is 1. The summed E-state index contributed by atoms with van der Waals surface area (Å²) in [6.45, 7) is 5.75. The molecule has 0 N–H and O–H groups in total. The van der Waals surface area contributed by atoms with Crippen molar-refractivity contribution < 1.29 is 4.74 Å². The molecular formula is C12H17NO. The zero-order valence-corrected chi connectivity index (χ0v) is 8.92. The standard InChI is InChI=1S/C12H17NO/c1-10-8-12(14-2)5-4-11(10)9-13-6-3-7-13/h4-5,8H,3,6-7,9H2,1-2H3. The Morgan fingerprint density at radius 1 is 1.36 bits per heavy atom. The second kappa shape index (κ2) is 4.01. The molecular weight excluding hydrogens is 174 g/mol. The van der Waals surface area contributed by atoms with Gasteiger partial charge < -0.3 is 4.74 Å². The summed E-state index contributed by atoms with van der Waals surface area (Å²) in [7, 11) is 1.71. The number of ether oxygens (including phenoxy) is 1. The lowest BCUT2D eigenvalue weighted by molar-refractivity contribution is 0.172.